The molecular weight excluding hydrogens is 276 g/mol. The van der Waals surface area contributed by atoms with Gasteiger partial charge >= 0.3 is 0 Å². The summed E-state index contributed by atoms with van der Waals surface area (Å²) in [4.78, 5) is 2.29. The molecule has 120 valence electrons. The molecule has 1 fully saturated rings. The summed E-state index contributed by atoms with van der Waals surface area (Å²) in [5.41, 5.74) is 0. The summed E-state index contributed by atoms with van der Waals surface area (Å²) < 4.78 is 28.7. The fourth-order valence-corrected chi connectivity index (χ4v) is 3.63. The third kappa shape index (κ3) is 6.05. The maximum absolute atomic E-state index is 12.2. The van der Waals surface area contributed by atoms with E-state index >= 15 is 0 Å². The third-order valence-corrected chi connectivity index (χ3v) is 5.39. The average Bonchev–Trinajstić information content (AvgIpc) is 2.43. The number of likely N-dealkylation sites (N-methyl/N-ethyl adjacent to an activating group) is 1. The highest BCUT2D eigenvalue weighted by molar-refractivity contribution is 7.87. The SMILES string of the molecule is CCNCCCN(C)S(=O)(=O)NC1CCCN(CC)C1. The molecule has 0 aromatic rings. The average molecular weight is 306 g/mol. The smallest absolute Gasteiger partial charge is 0.279 e. The van der Waals surface area contributed by atoms with Gasteiger partial charge in [-0.1, -0.05) is 13.8 Å². The van der Waals surface area contributed by atoms with Gasteiger partial charge in [-0.3, -0.25) is 0 Å². The molecule has 7 heteroatoms. The first-order chi connectivity index (χ1) is 9.49. The number of hydrogen-bond acceptors (Lipinski definition) is 4. The van der Waals surface area contributed by atoms with Crippen molar-refractivity contribution in [2.24, 2.45) is 0 Å². The monoisotopic (exact) mass is 306 g/mol. The lowest BCUT2D eigenvalue weighted by Gasteiger charge is -2.33. The highest BCUT2D eigenvalue weighted by Crippen LogP contribution is 2.11. The Bertz CT molecular complexity index is 361. The van der Waals surface area contributed by atoms with Gasteiger partial charge < -0.3 is 10.2 Å². The van der Waals surface area contributed by atoms with E-state index in [0.717, 1.165) is 52.0 Å². The van der Waals surface area contributed by atoms with Gasteiger partial charge in [-0.05, 0) is 45.4 Å². The van der Waals surface area contributed by atoms with Crippen LogP contribution in [-0.2, 0) is 10.2 Å². The predicted molar refractivity (Wildman–Crippen MR) is 83.0 cm³/mol. The summed E-state index contributed by atoms with van der Waals surface area (Å²) in [7, 11) is -1.70. The van der Waals surface area contributed by atoms with E-state index < -0.39 is 10.2 Å². The van der Waals surface area contributed by atoms with E-state index in [1.807, 2.05) is 6.92 Å². The van der Waals surface area contributed by atoms with Crippen molar-refractivity contribution < 1.29 is 8.42 Å². The molecule has 0 amide bonds. The standard InChI is InChI=1S/C13H30N4O2S/c1-4-14-9-7-10-16(3)20(18,19)15-13-8-6-11-17(5-2)12-13/h13-15H,4-12H2,1-3H3. The minimum atomic E-state index is -3.35. The van der Waals surface area contributed by atoms with Crippen LogP contribution in [0.15, 0.2) is 0 Å². The molecule has 1 unspecified atom stereocenters. The van der Waals surface area contributed by atoms with Crippen LogP contribution in [0.3, 0.4) is 0 Å². The molecule has 20 heavy (non-hydrogen) atoms. The minimum absolute atomic E-state index is 0.0462. The molecule has 0 radical (unpaired) electrons. The normalized spacial score (nSPS) is 21.5. The first kappa shape index (κ1) is 17.8. The lowest BCUT2D eigenvalue weighted by molar-refractivity contribution is 0.210. The van der Waals surface area contributed by atoms with Crippen molar-refractivity contribution in [2.45, 2.75) is 39.2 Å². The Labute approximate surface area is 124 Å². The van der Waals surface area contributed by atoms with Crippen LogP contribution in [0.25, 0.3) is 0 Å². The maximum atomic E-state index is 12.2. The summed E-state index contributed by atoms with van der Waals surface area (Å²) in [6, 6.07) is 0.0462. The van der Waals surface area contributed by atoms with Crippen LogP contribution in [0, 0.1) is 0 Å². The van der Waals surface area contributed by atoms with Crippen LogP contribution in [0.1, 0.15) is 33.1 Å². The van der Waals surface area contributed by atoms with E-state index in [1.54, 1.807) is 7.05 Å². The van der Waals surface area contributed by atoms with Crippen LogP contribution in [0.5, 0.6) is 0 Å². The van der Waals surface area contributed by atoms with Crippen LogP contribution in [0.4, 0.5) is 0 Å². The molecule has 1 atom stereocenters. The van der Waals surface area contributed by atoms with Gasteiger partial charge in [-0.2, -0.15) is 17.4 Å². The molecule has 1 aliphatic rings. The van der Waals surface area contributed by atoms with Gasteiger partial charge in [0.15, 0.2) is 0 Å². The Kier molecular flexibility index (Phi) is 7.98. The van der Waals surface area contributed by atoms with Crippen LogP contribution < -0.4 is 10.0 Å². The van der Waals surface area contributed by atoms with Gasteiger partial charge in [0.2, 0.25) is 0 Å². The molecule has 0 aliphatic carbocycles. The van der Waals surface area contributed by atoms with Gasteiger partial charge in [0, 0.05) is 26.2 Å². The van der Waals surface area contributed by atoms with Crippen molar-refractivity contribution in [3.05, 3.63) is 0 Å². The highest BCUT2D eigenvalue weighted by atomic mass is 32.2. The number of hydrogen-bond donors (Lipinski definition) is 2. The molecule has 2 N–H and O–H groups in total. The molecule has 1 aliphatic heterocycles. The first-order valence-corrected chi connectivity index (χ1v) is 9.10. The van der Waals surface area contributed by atoms with Crippen molar-refractivity contribution in [2.75, 3.05) is 46.3 Å². The highest BCUT2D eigenvalue weighted by Gasteiger charge is 2.25. The zero-order chi connectivity index (χ0) is 15.0. The van der Waals surface area contributed by atoms with Gasteiger partial charge in [0.25, 0.3) is 10.2 Å². The molecular formula is C13H30N4O2S. The van der Waals surface area contributed by atoms with Crippen LogP contribution in [0.2, 0.25) is 0 Å². The number of rotatable bonds is 9. The number of likely N-dealkylation sites (tertiary alicyclic amines) is 1. The number of nitrogens with one attached hydrogen (secondary N) is 2. The third-order valence-electron chi connectivity index (χ3n) is 3.76. The second-order valence-electron chi connectivity index (χ2n) is 5.38. The van der Waals surface area contributed by atoms with E-state index in [9.17, 15) is 8.42 Å². The lowest BCUT2D eigenvalue weighted by Crippen LogP contribution is -2.51. The van der Waals surface area contributed by atoms with Crippen molar-refractivity contribution in [1.29, 1.82) is 0 Å². The molecule has 1 rings (SSSR count). The van der Waals surface area contributed by atoms with Crippen LogP contribution >= 0.6 is 0 Å². The summed E-state index contributed by atoms with van der Waals surface area (Å²) in [5, 5.41) is 3.20. The Morgan fingerprint density at radius 3 is 2.75 bits per heavy atom. The van der Waals surface area contributed by atoms with E-state index in [1.165, 1.54) is 4.31 Å². The van der Waals surface area contributed by atoms with Crippen molar-refractivity contribution in [1.82, 2.24) is 19.2 Å². The number of nitrogens with zero attached hydrogens (tertiary/aromatic N) is 2. The second-order valence-corrected chi connectivity index (χ2v) is 7.19. The maximum Gasteiger partial charge on any atom is 0.279 e. The van der Waals surface area contributed by atoms with Crippen molar-refractivity contribution in [3.63, 3.8) is 0 Å². The molecule has 1 heterocycles. The topological polar surface area (TPSA) is 64.7 Å². The van der Waals surface area contributed by atoms with Gasteiger partial charge in [0.05, 0.1) is 0 Å². The van der Waals surface area contributed by atoms with Gasteiger partial charge in [-0.25, -0.2) is 0 Å². The molecule has 0 aromatic heterocycles. The molecule has 0 saturated carbocycles. The quantitative estimate of drug-likeness (QED) is 0.599. The minimum Gasteiger partial charge on any atom is -0.317 e. The zero-order valence-corrected chi connectivity index (χ0v) is 13.9. The Hall–Kier alpha value is -0.210. The van der Waals surface area contributed by atoms with Gasteiger partial charge in [-0.15, -0.1) is 0 Å². The summed E-state index contributed by atoms with van der Waals surface area (Å²) >= 11 is 0. The summed E-state index contributed by atoms with van der Waals surface area (Å²) in [6.07, 6.45) is 2.82. The molecule has 0 aromatic carbocycles. The van der Waals surface area contributed by atoms with Gasteiger partial charge in [0.1, 0.15) is 0 Å². The summed E-state index contributed by atoms with van der Waals surface area (Å²) in [5.74, 6) is 0. The first-order valence-electron chi connectivity index (χ1n) is 7.66. The summed E-state index contributed by atoms with van der Waals surface area (Å²) in [6.45, 7) is 9.36. The fraction of sp³-hybridized carbons (Fsp3) is 1.00. The molecule has 0 spiro atoms. The van der Waals surface area contributed by atoms with Crippen LogP contribution in [-0.4, -0.2) is 70.0 Å². The molecule has 6 nitrogen and oxygen atoms in total. The largest absolute Gasteiger partial charge is 0.317 e. The number of piperidine rings is 1. The fourth-order valence-electron chi connectivity index (χ4n) is 2.46. The van der Waals surface area contributed by atoms with E-state index in [4.69, 9.17) is 0 Å². The molecule has 0 bridgehead atoms. The predicted octanol–water partition coefficient (Wildman–Crippen LogP) is 0.237. The Morgan fingerprint density at radius 1 is 1.35 bits per heavy atom. The van der Waals surface area contributed by atoms with E-state index in [2.05, 4.69) is 21.9 Å². The van der Waals surface area contributed by atoms with Crippen molar-refractivity contribution >= 4 is 10.2 Å². The van der Waals surface area contributed by atoms with E-state index in [0.29, 0.717) is 6.54 Å². The van der Waals surface area contributed by atoms with E-state index in [-0.39, 0.29) is 6.04 Å². The Morgan fingerprint density at radius 2 is 2.10 bits per heavy atom. The van der Waals surface area contributed by atoms with Crippen molar-refractivity contribution in [3.8, 4) is 0 Å². The lowest BCUT2D eigenvalue weighted by atomic mass is 10.1. The molecule has 1 saturated heterocycles. The Balaban J connectivity index is 2.39. The second kappa shape index (κ2) is 8.94. The zero-order valence-electron chi connectivity index (χ0n) is 13.1.